The number of hydrogen-bond donors (Lipinski definition) is 0. The highest BCUT2D eigenvalue weighted by Crippen LogP contribution is 2.55. The molecule has 0 aromatic rings. The summed E-state index contributed by atoms with van der Waals surface area (Å²) in [6.07, 6.45) is 2.32. The van der Waals surface area contributed by atoms with Crippen LogP contribution in [0.15, 0.2) is 0 Å². The van der Waals surface area contributed by atoms with E-state index in [1.54, 1.807) is 0 Å². The first-order valence-corrected chi connectivity index (χ1v) is 10.0. The van der Waals surface area contributed by atoms with Gasteiger partial charge in [0.1, 0.15) is 6.10 Å². The number of sulfone groups is 1. The predicted octanol–water partition coefficient (Wildman–Crippen LogP) is 1.80. The molecular formula is C16H26O5S. The second kappa shape index (κ2) is 5.48. The molecule has 0 aromatic carbocycles. The molecule has 5 nitrogen and oxygen atoms in total. The summed E-state index contributed by atoms with van der Waals surface area (Å²) in [5, 5.41) is 0. The topological polar surface area (TPSA) is 69.7 Å². The number of hydrogen-bond acceptors (Lipinski definition) is 5. The first kappa shape index (κ1) is 16.2. The van der Waals surface area contributed by atoms with Crippen LogP contribution < -0.4 is 0 Å². The van der Waals surface area contributed by atoms with E-state index < -0.39 is 9.84 Å². The molecule has 0 spiro atoms. The van der Waals surface area contributed by atoms with Crippen LogP contribution >= 0.6 is 0 Å². The van der Waals surface area contributed by atoms with Crippen molar-refractivity contribution in [3.63, 3.8) is 0 Å². The SMILES string of the molecule is CC(C)(C)CS(=O)(=O)CCCOC1C2CC3C(=O)OC1C3C2. The van der Waals surface area contributed by atoms with Gasteiger partial charge >= 0.3 is 5.97 Å². The maximum atomic E-state index is 12.0. The highest BCUT2D eigenvalue weighted by molar-refractivity contribution is 7.91. The third kappa shape index (κ3) is 3.18. The van der Waals surface area contributed by atoms with Crippen molar-refractivity contribution in [3.8, 4) is 0 Å². The van der Waals surface area contributed by atoms with Gasteiger partial charge in [-0.15, -0.1) is 0 Å². The number of carbonyl (C=O) groups excluding carboxylic acids is 1. The van der Waals surface area contributed by atoms with E-state index in [0.29, 0.717) is 24.9 Å². The van der Waals surface area contributed by atoms with Crippen LogP contribution in [-0.2, 0) is 24.1 Å². The number of ether oxygens (including phenoxy) is 2. The fraction of sp³-hybridized carbons (Fsp3) is 0.938. The molecule has 1 heterocycles. The number of fused-ring (bicyclic) bond motifs is 1. The lowest BCUT2D eigenvalue weighted by Gasteiger charge is -2.25. The third-order valence-electron chi connectivity index (χ3n) is 4.98. The Hall–Kier alpha value is -0.620. The first-order valence-electron chi connectivity index (χ1n) is 8.19. The molecule has 0 amide bonds. The van der Waals surface area contributed by atoms with Gasteiger partial charge in [0.2, 0.25) is 0 Å². The van der Waals surface area contributed by atoms with Gasteiger partial charge in [-0.25, -0.2) is 8.42 Å². The standard InChI is InChI=1S/C16H26O5S/c1-16(2,3)9-22(18,19)6-4-5-20-13-10-7-11-12(8-10)15(17)21-14(11)13/h10-14H,4-9H2,1-3H3. The summed E-state index contributed by atoms with van der Waals surface area (Å²) in [7, 11) is -3.03. The highest BCUT2D eigenvalue weighted by atomic mass is 32.2. The maximum absolute atomic E-state index is 12.0. The van der Waals surface area contributed by atoms with E-state index in [9.17, 15) is 13.2 Å². The molecule has 0 N–H and O–H groups in total. The average Bonchev–Trinajstić information content (AvgIpc) is 2.94. The lowest BCUT2D eigenvalue weighted by Crippen LogP contribution is -2.34. The van der Waals surface area contributed by atoms with Crippen LogP contribution in [0.25, 0.3) is 0 Å². The molecule has 22 heavy (non-hydrogen) atoms. The van der Waals surface area contributed by atoms with Gasteiger partial charge < -0.3 is 9.47 Å². The maximum Gasteiger partial charge on any atom is 0.309 e. The average molecular weight is 330 g/mol. The van der Waals surface area contributed by atoms with Gasteiger partial charge in [0, 0.05) is 12.5 Å². The fourth-order valence-electron chi connectivity index (χ4n) is 4.36. The molecule has 3 aliphatic rings. The molecule has 6 heteroatoms. The lowest BCUT2D eigenvalue weighted by atomic mass is 9.88. The minimum absolute atomic E-state index is 0.0157. The Morgan fingerprint density at radius 2 is 2.00 bits per heavy atom. The van der Waals surface area contributed by atoms with Crippen molar-refractivity contribution in [3.05, 3.63) is 0 Å². The van der Waals surface area contributed by atoms with E-state index in [0.717, 1.165) is 12.8 Å². The van der Waals surface area contributed by atoms with Crippen LogP contribution in [-0.4, -0.2) is 44.7 Å². The summed E-state index contributed by atoms with van der Waals surface area (Å²) >= 11 is 0. The molecule has 2 aliphatic carbocycles. The molecule has 1 saturated heterocycles. The Morgan fingerprint density at radius 1 is 1.27 bits per heavy atom. The molecule has 2 bridgehead atoms. The summed E-state index contributed by atoms with van der Waals surface area (Å²) in [4.78, 5) is 11.7. The summed E-state index contributed by atoms with van der Waals surface area (Å²) in [5.74, 6) is 1.16. The largest absolute Gasteiger partial charge is 0.459 e. The fourth-order valence-corrected chi connectivity index (χ4v) is 6.38. The van der Waals surface area contributed by atoms with Crippen LogP contribution in [0.2, 0.25) is 0 Å². The Balaban J connectivity index is 1.44. The van der Waals surface area contributed by atoms with Gasteiger partial charge in [-0.2, -0.15) is 0 Å². The van der Waals surface area contributed by atoms with Crippen molar-refractivity contribution < 1.29 is 22.7 Å². The summed E-state index contributed by atoms with van der Waals surface area (Å²) in [6, 6.07) is 0. The number of carbonyl (C=O) groups is 1. The van der Waals surface area contributed by atoms with Crippen molar-refractivity contribution in [2.75, 3.05) is 18.1 Å². The zero-order valence-electron chi connectivity index (χ0n) is 13.6. The Labute approximate surface area is 132 Å². The smallest absolute Gasteiger partial charge is 0.309 e. The molecule has 5 atom stereocenters. The van der Waals surface area contributed by atoms with Crippen molar-refractivity contribution in [2.45, 2.75) is 52.2 Å². The minimum atomic E-state index is -3.03. The van der Waals surface area contributed by atoms with Crippen LogP contribution in [0.5, 0.6) is 0 Å². The van der Waals surface area contributed by atoms with E-state index in [1.165, 1.54) is 0 Å². The molecule has 0 radical (unpaired) electrons. The van der Waals surface area contributed by atoms with Crippen molar-refractivity contribution in [1.82, 2.24) is 0 Å². The zero-order valence-corrected chi connectivity index (χ0v) is 14.4. The zero-order chi connectivity index (χ0) is 16.1. The Kier molecular flexibility index (Phi) is 4.05. The van der Waals surface area contributed by atoms with E-state index >= 15 is 0 Å². The normalized spacial score (nSPS) is 36.9. The summed E-state index contributed by atoms with van der Waals surface area (Å²) in [5.41, 5.74) is -0.211. The second-order valence-corrected chi connectivity index (χ2v) is 10.4. The molecule has 2 saturated carbocycles. The minimum Gasteiger partial charge on any atom is -0.459 e. The molecular weight excluding hydrogens is 304 g/mol. The van der Waals surface area contributed by atoms with E-state index in [2.05, 4.69) is 0 Å². The Bertz CT molecular complexity index is 547. The Morgan fingerprint density at radius 3 is 2.68 bits per heavy atom. The third-order valence-corrected chi connectivity index (χ3v) is 7.19. The molecule has 3 fully saturated rings. The van der Waals surface area contributed by atoms with Crippen molar-refractivity contribution in [1.29, 1.82) is 0 Å². The van der Waals surface area contributed by atoms with Crippen molar-refractivity contribution in [2.24, 2.45) is 23.2 Å². The molecule has 1 aliphatic heterocycles. The van der Waals surface area contributed by atoms with Crippen molar-refractivity contribution >= 4 is 15.8 Å². The van der Waals surface area contributed by atoms with E-state index in [4.69, 9.17) is 9.47 Å². The second-order valence-electron chi connectivity index (χ2n) is 8.24. The summed E-state index contributed by atoms with van der Waals surface area (Å²) in [6.45, 7) is 6.22. The molecule has 3 rings (SSSR count). The highest BCUT2D eigenvalue weighted by Gasteiger charge is 2.62. The summed E-state index contributed by atoms with van der Waals surface area (Å²) < 4.78 is 35.4. The van der Waals surface area contributed by atoms with Crippen LogP contribution in [0, 0.1) is 23.2 Å². The first-order chi connectivity index (χ1) is 10.2. The quantitative estimate of drug-likeness (QED) is 0.549. The van der Waals surface area contributed by atoms with Gasteiger partial charge in [0.15, 0.2) is 9.84 Å². The van der Waals surface area contributed by atoms with E-state index in [1.807, 2.05) is 20.8 Å². The van der Waals surface area contributed by atoms with E-state index in [-0.39, 0.29) is 41.0 Å². The number of rotatable bonds is 6. The molecule has 126 valence electrons. The van der Waals surface area contributed by atoms with Crippen LogP contribution in [0.4, 0.5) is 0 Å². The molecule has 5 unspecified atom stereocenters. The van der Waals surface area contributed by atoms with Gasteiger partial charge in [0.25, 0.3) is 0 Å². The van der Waals surface area contributed by atoms with Gasteiger partial charge in [-0.05, 0) is 30.6 Å². The van der Waals surface area contributed by atoms with Gasteiger partial charge in [0.05, 0.1) is 23.5 Å². The number of esters is 1. The monoisotopic (exact) mass is 330 g/mol. The van der Waals surface area contributed by atoms with Crippen LogP contribution in [0.1, 0.15) is 40.0 Å². The lowest BCUT2D eigenvalue weighted by molar-refractivity contribution is -0.147. The predicted molar refractivity (Wildman–Crippen MR) is 82.0 cm³/mol. The van der Waals surface area contributed by atoms with Crippen LogP contribution in [0.3, 0.4) is 0 Å². The van der Waals surface area contributed by atoms with Gasteiger partial charge in [-0.3, -0.25) is 4.79 Å². The molecule has 0 aromatic heterocycles. The van der Waals surface area contributed by atoms with Gasteiger partial charge in [-0.1, -0.05) is 20.8 Å².